The smallest absolute Gasteiger partial charge is 0.350 e. The summed E-state index contributed by atoms with van der Waals surface area (Å²) in [7, 11) is 0. The third-order valence-corrected chi connectivity index (χ3v) is 4.95. The van der Waals surface area contributed by atoms with Crippen molar-refractivity contribution >= 4 is 11.6 Å². The summed E-state index contributed by atoms with van der Waals surface area (Å²) in [5.41, 5.74) is 0.204. The van der Waals surface area contributed by atoms with Gasteiger partial charge in [-0.1, -0.05) is 6.07 Å². The van der Waals surface area contributed by atoms with Crippen molar-refractivity contribution in [3.05, 3.63) is 58.5 Å². The van der Waals surface area contributed by atoms with Crippen molar-refractivity contribution in [2.45, 2.75) is 32.4 Å². The molecule has 1 N–H and O–H groups in total. The number of nitrogens with one attached hydrogen (secondary N) is 1. The average Bonchev–Trinajstić information content (AvgIpc) is 3.39. The molecule has 1 atom stereocenters. The molecular formula is C19H23N5O3. The number of furan rings is 1. The molecule has 1 saturated heterocycles. The van der Waals surface area contributed by atoms with Crippen molar-refractivity contribution in [1.29, 1.82) is 0 Å². The molecule has 0 aromatic carbocycles. The van der Waals surface area contributed by atoms with Gasteiger partial charge in [-0.3, -0.25) is 14.1 Å². The molecule has 1 amide bonds. The Morgan fingerprint density at radius 3 is 2.78 bits per heavy atom. The third kappa shape index (κ3) is 3.66. The van der Waals surface area contributed by atoms with E-state index in [0.717, 1.165) is 37.5 Å². The highest BCUT2D eigenvalue weighted by molar-refractivity contribution is 5.75. The molecule has 0 aliphatic carbocycles. The van der Waals surface area contributed by atoms with E-state index in [2.05, 4.69) is 15.3 Å². The standard InChI is InChI=1S/C19H23N5O3/c1-14-7-8-16(27-14)15(22-9-4-5-10-22)12-20-18(25)13-24-19(26)23-11-3-2-6-17(23)21-24/h2-3,6-8,11,15H,4-5,9-10,12-13H2,1H3,(H,20,25). The van der Waals surface area contributed by atoms with E-state index >= 15 is 0 Å². The minimum absolute atomic E-state index is 0.00272. The van der Waals surface area contributed by atoms with E-state index in [1.165, 1.54) is 9.08 Å². The predicted molar refractivity (Wildman–Crippen MR) is 99.5 cm³/mol. The minimum atomic E-state index is -0.321. The number of aryl methyl sites for hydroxylation is 1. The van der Waals surface area contributed by atoms with Crippen LogP contribution in [0.2, 0.25) is 0 Å². The first-order valence-corrected chi connectivity index (χ1v) is 9.23. The van der Waals surface area contributed by atoms with Gasteiger partial charge in [0.1, 0.15) is 18.1 Å². The first kappa shape index (κ1) is 17.5. The summed E-state index contributed by atoms with van der Waals surface area (Å²) >= 11 is 0. The van der Waals surface area contributed by atoms with Crippen LogP contribution in [-0.4, -0.2) is 44.6 Å². The molecule has 1 fully saturated rings. The predicted octanol–water partition coefficient (Wildman–Crippen LogP) is 1.35. The van der Waals surface area contributed by atoms with E-state index in [-0.39, 0.29) is 24.2 Å². The minimum Gasteiger partial charge on any atom is -0.465 e. The molecule has 3 aromatic heterocycles. The van der Waals surface area contributed by atoms with E-state index in [0.29, 0.717) is 12.2 Å². The Morgan fingerprint density at radius 2 is 2.07 bits per heavy atom. The fraction of sp³-hybridized carbons (Fsp3) is 0.421. The summed E-state index contributed by atoms with van der Waals surface area (Å²) in [6.45, 7) is 4.23. The van der Waals surface area contributed by atoms with Gasteiger partial charge in [-0.2, -0.15) is 0 Å². The Labute approximate surface area is 156 Å². The SMILES string of the molecule is Cc1ccc(C(CNC(=O)Cn2nc3ccccn3c2=O)N2CCCC2)o1. The summed E-state index contributed by atoms with van der Waals surface area (Å²) in [6, 6.07) is 9.21. The molecule has 8 nitrogen and oxygen atoms in total. The van der Waals surface area contributed by atoms with E-state index in [9.17, 15) is 9.59 Å². The van der Waals surface area contributed by atoms with Crippen LogP contribution in [0.25, 0.3) is 5.65 Å². The van der Waals surface area contributed by atoms with Crippen LogP contribution in [0.4, 0.5) is 0 Å². The molecule has 3 aromatic rings. The van der Waals surface area contributed by atoms with Crippen molar-refractivity contribution in [2.24, 2.45) is 0 Å². The lowest BCUT2D eigenvalue weighted by Gasteiger charge is -2.26. The van der Waals surface area contributed by atoms with E-state index in [4.69, 9.17) is 4.42 Å². The monoisotopic (exact) mass is 369 g/mol. The van der Waals surface area contributed by atoms with E-state index in [1.54, 1.807) is 24.4 Å². The van der Waals surface area contributed by atoms with Crippen molar-refractivity contribution in [3.8, 4) is 0 Å². The van der Waals surface area contributed by atoms with Gasteiger partial charge in [0.2, 0.25) is 5.91 Å². The fourth-order valence-corrected chi connectivity index (χ4v) is 3.57. The van der Waals surface area contributed by atoms with Crippen molar-refractivity contribution in [2.75, 3.05) is 19.6 Å². The zero-order chi connectivity index (χ0) is 18.8. The fourth-order valence-electron chi connectivity index (χ4n) is 3.57. The quantitative estimate of drug-likeness (QED) is 0.709. The Bertz CT molecular complexity index is 996. The van der Waals surface area contributed by atoms with Gasteiger partial charge >= 0.3 is 5.69 Å². The summed E-state index contributed by atoms with van der Waals surface area (Å²) < 4.78 is 8.41. The van der Waals surface area contributed by atoms with Gasteiger partial charge in [-0.05, 0) is 57.1 Å². The van der Waals surface area contributed by atoms with E-state index in [1.807, 2.05) is 19.1 Å². The topological polar surface area (TPSA) is 84.8 Å². The maximum atomic E-state index is 12.4. The second kappa shape index (κ2) is 7.40. The number of hydrogen-bond donors (Lipinski definition) is 1. The largest absolute Gasteiger partial charge is 0.465 e. The molecule has 27 heavy (non-hydrogen) atoms. The molecule has 0 saturated carbocycles. The second-order valence-electron chi connectivity index (χ2n) is 6.88. The highest BCUT2D eigenvalue weighted by Gasteiger charge is 2.26. The van der Waals surface area contributed by atoms with E-state index < -0.39 is 0 Å². The maximum Gasteiger partial charge on any atom is 0.350 e. The zero-order valence-electron chi connectivity index (χ0n) is 15.3. The van der Waals surface area contributed by atoms with Crippen molar-refractivity contribution < 1.29 is 9.21 Å². The molecule has 1 aliphatic heterocycles. The number of likely N-dealkylation sites (tertiary alicyclic amines) is 1. The zero-order valence-corrected chi connectivity index (χ0v) is 15.3. The lowest BCUT2D eigenvalue weighted by molar-refractivity contribution is -0.122. The molecule has 1 aliphatic rings. The Kier molecular flexibility index (Phi) is 4.81. The summed E-state index contributed by atoms with van der Waals surface area (Å²) in [4.78, 5) is 27.1. The summed E-state index contributed by atoms with van der Waals surface area (Å²) in [5.74, 6) is 1.48. The number of hydrogen-bond acceptors (Lipinski definition) is 5. The number of rotatable bonds is 6. The summed E-state index contributed by atoms with van der Waals surface area (Å²) in [5, 5.41) is 7.13. The maximum absolute atomic E-state index is 12.4. The Hall–Kier alpha value is -2.87. The molecule has 0 bridgehead atoms. The van der Waals surface area contributed by atoms with Gasteiger partial charge in [0.25, 0.3) is 0 Å². The Balaban J connectivity index is 1.44. The molecule has 4 heterocycles. The first-order valence-electron chi connectivity index (χ1n) is 9.23. The Morgan fingerprint density at radius 1 is 1.26 bits per heavy atom. The van der Waals surface area contributed by atoms with Crippen LogP contribution >= 0.6 is 0 Å². The number of carbonyl (C=O) groups excluding carboxylic acids is 1. The van der Waals surface area contributed by atoms with Gasteiger partial charge in [0.15, 0.2) is 5.65 Å². The number of nitrogens with zero attached hydrogens (tertiary/aromatic N) is 4. The highest BCUT2D eigenvalue weighted by Crippen LogP contribution is 2.26. The first-order chi connectivity index (χ1) is 13.1. The van der Waals surface area contributed by atoms with Gasteiger partial charge in [-0.15, -0.1) is 5.10 Å². The van der Waals surface area contributed by atoms with Gasteiger partial charge in [-0.25, -0.2) is 9.48 Å². The number of pyridine rings is 1. The van der Waals surface area contributed by atoms with Crippen LogP contribution in [0.1, 0.15) is 30.4 Å². The lowest BCUT2D eigenvalue weighted by Crippen LogP contribution is -2.39. The highest BCUT2D eigenvalue weighted by atomic mass is 16.3. The molecule has 8 heteroatoms. The number of fused-ring (bicyclic) bond motifs is 1. The van der Waals surface area contributed by atoms with Crippen LogP contribution in [0.3, 0.4) is 0 Å². The van der Waals surface area contributed by atoms with Gasteiger partial charge in [0, 0.05) is 12.7 Å². The van der Waals surface area contributed by atoms with Crippen LogP contribution in [0.5, 0.6) is 0 Å². The van der Waals surface area contributed by atoms with Crippen LogP contribution < -0.4 is 11.0 Å². The second-order valence-corrected chi connectivity index (χ2v) is 6.88. The van der Waals surface area contributed by atoms with Crippen LogP contribution in [0.15, 0.2) is 45.7 Å². The number of carbonyl (C=O) groups is 1. The molecule has 1 unspecified atom stereocenters. The average molecular weight is 369 g/mol. The van der Waals surface area contributed by atoms with Crippen molar-refractivity contribution in [3.63, 3.8) is 0 Å². The number of amides is 1. The molecule has 0 spiro atoms. The van der Waals surface area contributed by atoms with Gasteiger partial charge < -0.3 is 9.73 Å². The lowest BCUT2D eigenvalue weighted by atomic mass is 10.2. The molecule has 142 valence electrons. The van der Waals surface area contributed by atoms with Crippen molar-refractivity contribution in [1.82, 2.24) is 24.4 Å². The van der Waals surface area contributed by atoms with Crippen LogP contribution in [0, 0.1) is 6.92 Å². The van der Waals surface area contributed by atoms with Gasteiger partial charge in [0.05, 0.1) is 6.04 Å². The molecule has 4 rings (SSSR count). The van der Waals surface area contributed by atoms with Crippen LogP contribution in [-0.2, 0) is 11.3 Å². The summed E-state index contributed by atoms with van der Waals surface area (Å²) in [6.07, 6.45) is 3.95. The molecule has 0 radical (unpaired) electrons. The third-order valence-electron chi connectivity index (χ3n) is 4.95. The number of aromatic nitrogens is 3. The molecular weight excluding hydrogens is 346 g/mol. The normalized spacial score (nSPS) is 16.0.